The summed E-state index contributed by atoms with van der Waals surface area (Å²) in [5, 5.41) is 3.40. The van der Waals surface area contributed by atoms with Crippen molar-refractivity contribution in [2.24, 2.45) is 0 Å². The average Bonchev–Trinajstić information content (AvgIpc) is 2.75. The lowest BCUT2D eigenvalue weighted by Crippen LogP contribution is -2.41. The van der Waals surface area contributed by atoms with Crippen LogP contribution in [0.2, 0.25) is 5.02 Å². The highest BCUT2D eigenvalue weighted by Crippen LogP contribution is 2.20. The van der Waals surface area contributed by atoms with Crippen molar-refractivity contribution in [3.05, 3.63) is 101 Å². The number of carbonyl (C=O) groups is 1. The van der Waals surface area contributed by atoms with Crippen molar-refractivity contribution in [2.45, 2.75) is 24.4 Å². The average molecular weight is 461 g/mol. The monoisotopic (exact) mass is 460 g/mol. The maximum Gasteiger partial charge on any atom is 0.243 e. The van der Waals surface area contributed by atoms with Crippen molar-refractivity contribution in [2.75, 3.05) is 6.54 Å². The number of sulfonamides is 1. The molecule has 0 heterocycles. The lowest BCUT2D eigenvalue weighted by atomic mass is 10.1. The van der Waals surface area contributed by atoms with Gasteiger partial charge in [0, 0.05) is 11.6 Å². The van der Waals surface area contributed by atoms with Gasteiger partial charge in [-0.3, -0.25) is 4.79 Å². The molecular formula is C23H22ClFN2O3S. The molecule has 0 saturated heterocycles. The molecule has 0 aliphatic heterocycles. The molecule has 0 aromatic heterocycles. The van der Waals surface area contributed by atoms with Crippen molar-refractivity contribution in [3.63, 3.8) is 0 Å². The molecule has 8 heteroatoms. The third kappa shape index (κ3) is 6.13. The highest BCUT2D eigenvalue weighted by molar-refractivity contribution is 7.89. The molecule has 1 amide bonds. The van der Waals surface area contributed by atoms with E-state index in [1.54, 1.807) is 49.4 Å². The van der Waals surface area contributed by atoms with Gasteiger partial charge >= 0.3 is 0 Å². The first kappa shape index (κ1) is 22.9. The number of carbonyl (C=O) groups excluding carboxylic acids is 1. The zero-order chi connectivity index (χ0) is 22.4. The molecular weight excluding hydrogens is 439 g/mol. The van der Waals surface area contributed by atoms with Gasteiger partial charge in [0.05, 0.1) is 17.5 Å². The van der Waals surface area contributed by atoms with Crippen LogP contribution in [0.1, 0.15) is 24.1 Å². The van der Waals surface area contributed by atoms with Crippen LogP contribution in [0.4, 0.5) is 4.39 Å². The number of rotatable bonds is 8. The van der Waals surface area contributed by atoms with Crippen molar-refractivity contribution in [1.29, 1.82) is 0 Å². The van der Waals surface area contributed by atoms with Crippen LogP contribution in [-0.4, -0.2) is 25.2 Å². The molecule has 3 aromatic rings. The minimum absolute atomic E-state index is 0.0692. The Hall–Kier alpha value is -2.74. The summed E-state index contributed by atoms with van der Waals surface area (Å²) in [5.41, 5.74) is 1.41. The zero-order valence-corrected chi connectivity index (χ0v) is 18.4. The maximum absolute atomic E-state index is 13.3. The van der Waals surface area contributed by atoms with Gasteiger partial charge in [0.25, 0.3) is 0 Å². The normalized spacial score (nSPS) is 12.5. The molecule has 3 rings (SSSR count). The third-order valence-corrected chi connectivity index (χ3v) is 6.78. The van der Waals surface area contributed by atoms with E-state index < -0.39 is 21.7 Å². The molecule has 31 heavy (non-hydrogen) atoms. The second-order valence-corrected chi connectivity index (χ2v) is 9.43. The Bertz CT molecular complexity index is 1120. The van der Waals surface area contributed by atoms with Gasteiger partial charge in [-0.1, -0.05) is 54.1 Å². The van der Waals surface area contributed by atoms with E-state index in [2.05, 4.69) is 5.32 Å². The van der Waals surface area contributed by atoms with Crippen LogP contribution in [0, 0.1) is 5.82 Å². The summed E-state index contributed by atoms with van der Waals surface area (Å²) in [6, 6.07) is 20.1. The van der Waals surface area contributed by atoms with E-state index in [4.69, 9.17) is 11.6 Å². The SMILES string of the molecule is C[C@@H](NC(=O)CN(Cc1ccc(F)cc1)S(=O)(=O)c1ccccc1)c1ccc(Cl)cc1. The van der Waals surface area contributed by atoms with E-state index in [1.807, 2.05) is 0 Å². The smallest absolute Gasteiger partial charge is 0.243 e. The minimum Gasteiger partial charge on any atom is -0.348 e. The predicted octanol–water partition coefficient (Wildman–Crippen LogP) is 4.55. The molecule has 0 bridgehead atoms. The van der Waals surface area contributed by atoms with Crippen LogP contribution >= 0.6 is 11.6 Å². The van der Waals surface area contributed by atoms with E-state index in [9.17, 15) is 17.6 Å². The first-order chi connectivity index (χ1) is 14.8. The Kier molecular flexibility index (Phi) is 7.43. The lowest BCUT2D eigenvalue weighted by molar-refractivity contribution is -0.122. The van der Waals surface area contributed by atoms with Crippen LogP contribution in [0.3, 0.4) is 0 Å². The number of nitrogens with zero attached hydrogens (tertiary/aromatic N) is 1. The molecule has 0 saturated carbocycles. The summed E-state index contributed by atoms with van der Waals surface area (Å²) in [4.78, 5) is 12.8. The molecule has 0 spiro atoms. The highest BCUT2D eigenvalue weighted by Gasteiger charge is 2.27. The molecule has 0 unspecified atom stereocenters. The fraction of sp³-hybridized carbons (Fsp3) is 0.174. The maximum atomic E-state index is 13.3. The Morgan fingerprint density at radius 1 is 1.00 bits per heavy atom. The first-order valence-corrected chi connectivity index (χ1v) is 11.4. The number of nitrogens with one attached hydrogen (secondary N) is 1. The standard InChI is InChI=1S/C23H22ClFN2O3S/c1-17(19-9-11-20(24)12-10-19)26-23(28)16-27(15-18-7-13-21(25)14-8-18)31(29,30)22-5-3-2-4-6-22/h2-14,17H,15-16H2,1H3,(H,26,28)/t17-/m1/s1. The van der Waals surface area contributed by atoms with Gasteiger partial charge in [0.15, 0.2) is 0 Å². The van der Waals surface area contributed by atoms with E-state index in [0.717, 1.165) is 9.87 Å². The van der Waals surface area contributed by atoms with E-state index in [1.165, 1.54) is 36.4 Å². The van der Waals surface area contributed by atoms with Crippen molar-refractivity contribution in [3.8, 4) is 0 Å². The van der Waals surface area contributed by atoms with E-state index in [-0.39, 0.29) is 24.0 Å². The molecule has 0 aliphatic rings. The van der Waals surface area contributed by atoms with Crippen molar-refractivity contribution >= 4 is 27.5 Å². The number of halogens is 2. The Morgan fingerprint density at radius 2 is 1.61 bits per heavy atom. The van der Waals surface area contributed by atoms with E-state index in [0.29, 0.717) is 10.6 Å². The number of hydrogen-bond donors (Lipinski definition) is 1. The summed E-state index contributed by atoms with van der Waals surface area (Å²) in [6.45, 7) is 1.35. The van der Waals surface area contributed by atoms with Gasteiger partial charge < -0.3 is 5.32 Å². The van der Waals surface area contributed by atoms with Crippen LogP contribution < -0.4 is 5.32 Å². The fourth-order valence-corrected chi connectivity index (χ4v) is 4.57. The van der Waals surface area contributed by atoms with Gasteiger partial charge in [-0.25, -0.2) is 12.8 Å². The van der Waals surface area contributed by atoms with E-state index >= 15 is 0 Å². The quantitative estimate of drug-likeness (QED) is 0.536. The predicted molar refractivity (Wildman–Crippen MR) is 118 cm³/mol. The number of benzene rings is 3. The second kappa shape index (κ2) is 10.0. The molecule has 0 radical (unpaired) electrons. The summed E-state index contributed by atoms with van der Waals surface area (Å²) >= 11 is 5.90. The molecule has 0 fully saturated rings. The van der Waals surface area contributed by atoms with Gasteiger partial charge in [-0.05, 0) is 54.4 Å². The first-order valence-electron chi connectivity index (χ1n) is 9.60. The second-order valence-electron chi connectivity index (χ2n) is 7.05. The van der Waals surface area contributed by atoms with Crippen molar-refractivity contribution in [1.82, 2.24) is 9.62 Å². The molecule has 1 atom stereocenters. The van der Waals surface area contributed by atoms with Gasteiger partial charge in [0.2, 0.25) is 15.9 Å². The van der Waals surface area contributed by atoms with Gasteiger partial charge in [0.1, 0.15) is 5.82 Å². The Labute approximate surface area is 186 Å². The van der Waals surface area contributed by atoms with Crippen molar-refractivity contribution < 1.29 is 17.6 Å². The molecule has 5 nitrogen and oxygen atoms in total. The third-order valence-electron chi connectivity index (χ3n) is 4.72. The summed E-state index contributed by atoms with van der Waals surface area (Å²) in [7, 11) is -3.95. The minimum atomic E-state index is -3.95. The largest absolute Gasteiger partial charge is 0.348 e. The van der Waals surface area contributed by atoms with Gasteiger partial charge in [-0.15, -0.1) is 0 Å². The van der Waals surface area contributed by atoms with Crippen LogP contribution in [0.15, 0.2) is 83.8 Å². The summed E-state index contributed by atoms with van der Waals surface area (Å²) in [6.07, 6.45) is 0. The summed E-state index contributed by atoms with van der Waals surface area (Å²) < 4.78 is 40.7. The Balaban J connectivity index is 1.81. The van der Waals surface area contributed by atoms with Crippen LogP contribution in [-0.2, 0) is 21.4 Å². The molecule has 0 aliphatic carbocycles. The zero-order valence-electron chi connectivity index (χ0n) is 16.8. The Morgan fingerprint density at radius 3 is 2.23 bits per heavy atom. The molecule has 162 valence electrons. The van der Waals surface area contributed by atoms with Gasteiger partial charge in [-0.2, -0.15) is 4.31 Å². The van der Waals surface area contributed by atoms with Crippen LogP contribution in [0.5, 0.6) is 0 Å². The molecule has 1 N–H and O–H groups in total. The highest BCUT2D eigenvalue weighted by atomic mass is 35.5. The number of amides is 1. The topological polar surface area (TPSA) is 66.5 Å². The molecule has 3 aromatic carbocycles. The summed E-state index contributed by atoms with van der Waals surface area (Å²) in [5.74, 6) is -0.875. The number of hydrogen-bond acceptors (Lipinski definition) is 3. The van der Waals surface area contributed by atoms with Crippen LogP contribution in [0.25, 0.3) is 0 Å². The fourth-order valence-electron chi connectivity index (χ4n) is 3.04. The lowest BCUT2D eigenvalue weighted by Gasteiger charge is -2.23.